The van der Waals surface area contributed by atoms with Gasteiger partial charge in [-0.25, -0.2) is 9.97 Å². The van der Waals surface area contributed by atoms with Crippen LogP contribution in [0.25, 0.3) is 11.3 Å². The fourth-order valence-electron chi connectivity index (χ4n) is 3.49. The predicted octanol–water partition coefficient (Wildman–Crippen LogP) is 3.83. The van der Waals surface area contributed by atoms with E-state index >= 15 is 0 Å². The number of aromatic nitrogens is 6. The van der Waals surface area contributed by atoms with E-state index in [1.165, 1.54) is 5.56 Å². The first-order chi connectivity index (χ1) is 14.1. The zero-order chi connectivity index (χ0) is 20.2. The topological polar surface area (TPSA) is 73.5 Å². The summed E-state index contributed by atoms with van der Waals surface area (Å²) >= 11 is 0. The third kappa shape index (κ3) is 4.18. The van der Waals surface area contributed by atoms with Crippen LogP contribution in [0, 0.1) is 13.8 Å². The van der Waals surface area contributed by atoms with Gasteiger partial charge in [-0.1, -0.05) is 30.3 Å². The molecule has 0 amide bonds. The maximum absolute atomic E-state index is 4.70. The first-order valence-corrected chi connectivity index (χ1v) is 9.80. The number of aryl methyl sites for hydroxylation is 2. The molecule has 148 valence electrons. The van der Waals surface area contributed by atoms with E-state index in [4.69, 9.17) is 4.98 Å². The molecule has 4 rings (SSSR count). The van der Waals surface area contributed by atoms with Crippen molar-refractivity contribution in [3.63, 3.8) is 0 Å². The number of benzene rings is 1. The quantitative estimate of drug-likeness (QED) is 0.522. The van der Waals surface area contributed by atoms with Gasteiger partial charge in [0.2, 0.25) is 5.95 Å². The van der Waals surface area contributed by atoms with Gasteiger partial charge in [-0.05, 0) is 32.4 Å². The standard InChI is InChI=1S/C22H25N7/c1-4-29-17(3)21(16(2)27-29)20-10-11-23-22(26-20)24-12-19-13-25-28(15-19)14-18-8-6-5-7-9-18/h5-11,13,15H,4,12,14H2,1-3H3,(H,23,24,26). The van der Waals surface area contributed by atoms with Crippen molar-refractivity contribution in [3.8, 4) is 11.3 Å². The average Bonchev–Trinajstić information content (AvgIpc) is 3.30. The van der Waals surface area contributed by atoms with Gasteiger partial charge < -0.3 is 5.32 Å². The molecule has 7 nitrogen and oxygen atoms in total. The molecule has 0 aliphatic heterocycles. The van der Waals surface area contributed by atoms with Crippen LogP contribution in [-0.2, 0) is 19.6 Å². The summed E-state index contributed by atoms with van der Waals surface area (Å²) in [6.07, 6.45) is 5.70. The molecule has 0 saturated carbocycles. The molecule has 0 aliphatic carbocycles. The number of nitrogens with one attached hydrogen (secondary N) is 1. The summed E-state index contributed by atoms with van der Waals surface area (Å²) in [5.41, 5.74) is 6.38. The number of hydrogen-bond donors (Lipinski definition) is 1. The third-order valence-corrected chi connectivity index (χ3v) is 4.92. The monoisotopic (exact) mass is 387 g/mol. The van der Waals surface area contributed by atoms with Gasteiger partial charge in [0.05, 0.1) is 24.1 Å². The Kier molecular flexibility index (Phi) is 5.37. The molecular formula is C22H25N7. The van der Waals surface area contributed by atoms with E-state index in [-0.39, 0.29) is 0 Å². The van der Waals surface area contributed by atoms with Crippen LogP contribution in [0.2, 0.25) is 0 Å². The van der Waals surface area contributed by atoms with E-state index in [0.29, 0.717) is 12.5 Å². The van der Waals surface area contributed by atoms with E-state index in [0.717, 1.165) is 41.3 Å². The van der Waals surface area contributed by atoms with Crippen molar-refractivity contribution in [1.82, 2.24) is 29.5 Å². The summed E-state index contributed by atoms with van der Waals surface area (Å²) in [5, 5.41) is 12.3. The Bertz CT molecular complexity index is 1100. The van der Waals surface area contributed by atoms with E-state index in [1.807, 2.05) is 52.9 Å². The van der Waals surface area contributed by atoms with Crippen molar-refractivity contribution in [2.24, 2.45) is 0 Å². The Balaban J connectivity index is 1.45. The van der Waals surface area contributed by atoms with Gasteiger partial charge in [-0.3, -0.25) is 9.36 Å². The Morgan fingerprint density at radius 1 is 1.03 bits per heavy atom. The van der Waals surface area contributed by atoms with E-state index in [1.54, 1.807) is 6.20 Å². The molecule has 0 radical (unpaired) electrons. The molecule has 0 atom stereocenters. The normalized spacial score (nSPS) is 11.0. The maximum Gasteiger partial charge on any atom is 0.223 e. The fraction of sp³-hybridized carbons (Fsp3) is 0.273. The molecule has 0 spiro atoms. The summed E-state index contributed by atoms with van der Waals surface area (Å²) in [6, 6.07) is 12.2. The molecule has 0 bridgehead atoms. The summed E-state index contributed by atoms with van der Waals surface area (Å²) in [4.78, 5) is 9.06. The lowest BCUT2D eigenvalue weighted by Crippen LogP contribution is -2.04. The summed E-state index contributed by atoms with van der Waals surface area (Å²) < 4.78 is 3.94. The molecule has 4 aromatic rings. The minimum Gasteiger partial charge on any atom is -0.350 e. The van der Waals surface area contributed by atoms with Crippen LogP contribution < -0.4 is 5.32 Å². The van der Waals surface area contributed by atoms with Crippen molar-refractivity contribution in [2.75, 3.05) is 5.32 Å². The lowest BCUT2D eigenvalue weighted by Gasteiger charge is -2.06. The van der Waals surface area contributed by atoms with Crippen LogP contribution in [-0.4, -0.2) is 29.5 Å². The smallest absolute Gasteiger partial charge is 0.223 e. The van der Waals surface area contributed by atoms with Gasteiger partial charge in [0.25, 0.3) is 0 Å². The Morgan fingerprint density at radius 3 is 2.62 bits per heavy atom. The molecule has 29 heavy (non-hydrogen) atoms. The first kappa shape index (κ1) is 18.9. The number of hydrogen-bond acceptors (Lipinski definition) is 5. The fourth-order valence-corrected chi connectivity index (χ4v) is 3.49. The summed E-state index contributed by atoms with van der Waals surface area (Å²) in [6.45, 7) is 8.40. The second-order valence-corrected chi connectivity index (χ2v) is 7.01. The van der Waals surface area contributed by atoms with Crippen LogP contribution in [0.15, 0.2) is 55.0 Å². The largest absolute Gasteiger partial charge is 0.350 e. The van der Waals surface area contributed by atoms with Gasteiger partial charge in [-0.2, -0.15) is 10.2 Å². The lowest BCUT2D eigenvalue weighted by atomic mass is 10.1. The Morgan fingerprint density at radius 2 is 1.86 bits per heavy atom. The minimum absolute atomic E-state index is 0.598. The highest BCUT2D eigenvalue weighted by Gasteiger charge is 2.14. The number of anilines is 1. The molecule has 3 aromatic heterocycles. The third-order valence-electron chi connectivity index (χ3n) is 4.92. The van der Waals surface area contributed by atoms with Crippen molar-refractivity contribution in [3.05, 3.63) is 77.5 Å². The van der Waals surface area contributed by atoms with Gasteiger partial charge in [0.15, 0.2) is 0 Å². The molecule has 1 aromatic carbocycles. The minimum atomic E-state index is 0.598. The van der Waals surface area contributed by atoms with Crippen LogP contribution >= 0.6 is 0 Å². The van der Waals surface area contributed by atoms with Gasteiger partial charge in [-0.15, -0.1) is 0 Å². The number of rotatable bonds is 7. The number of nitrogens with zero attached hydrogens (tertiary/aromatic N) is 6. The average molecular weight is 387 g/mol. The van der Waals surface area contributed by atoms with E-state index in [9.17, 15) is 0 Å². The van der Waals surface area contributed by atoms with E-state index < -0.39 is 0 Å². The second-order valence-electron chi connectivity index (χ2n) is 7.01. The highest BCUT2D eigenvalue weighted by atomic mass is 15.3. The highest BCUT2D eigenvalue weighted by molar-refractivity contribution is 5.65. The first-order valence-electron chi connectivity index (χ1n) is 9.80. The Labute approximate surface area is 170 Å². The molecule has 3 heterocycles. The molecule has 0 unspecified atom stereocenters. The second kappa shape index (κ2) is 8.26. The summed E-state index contributed by atoms with van der Waals surface area (Å²) in [5.74, 6) is 0.598. The van der Waals surface area contributed by atoms with Crippen LogP contribution in [0.1, 0.15) is 29.4 Å². The van der Waals surface area contributed by atoms with Gasteiger partial charge in [0.1, 0.15) is 0 Å². The van der Waals surface area contributed by atoms with Crippen LogP contribution in [0.3, 0.4) is 0 Å². The Hall–Kier alpha value is -3.48. The summed E-state index contributed by atoms with van der Waals surface area (Å²) in [7, 11) is 0. The van der Waals surface area contributed by atoms with Crippen molar-refractivity contribution < 1.29 is 0 Å². The SMILES string of the molecule is CCn1nc(C)c(-c2ccnc(NCc3cnn(Cc4ccccc4)c3)n2)c1C. The molecule has 7 heteroatoms. The van der Waals surface area contributed by atoms with Crippen LogP contribution in [0.5, 0.6) is 0 Å². The van der Waals surface area contributed by atoms with Gasteiger partial charge >= 0.3 is 0 Å². The molecule has 0 fully saturated rings. The predicted molar refractivity (Wildman–Crippen MR) is 113 cm³/mol. The lowest BCUT2D eigenvalue weighted by molar-refractivity contribution is 0.634. The van der Waals surface area contributed by atoms with Crippen LogP contribution in [0.4, 0.5) is 5.95 Å². The van der Waals surface area contributed by atoms with Crippen molar-refractivity contribution >= 4 is 5.95 Å². The van der Waals surface area contributed by atoms with Crippen molar-refractivity contribution in [2.45, 2.75) is 40.4 Å². The van der Waals surface area contributed by atoms with E-state index in [2.05, 4.69) is 46.5 Å². The zero-order valence-electron chi connectivity index (χ0n) is 17.0. The molecule has 0 saturated heterocycles. The molecular weight excluding hydrogens is 362 g/mol. The van der Waals surface area contributed by atoms with Crippen molar-refractivity contribution in [1.29, 1.82) is 0 Å². The highest BCUT2D eigenvalue weighted by Crippen LogP contribution is 2.25. The molecule has 0 aliphatic rings. The van der Waals surface area contributed by atoms with Gasteiger partial charge in [0, 0.05) is 42.3 Å². The maximum atomic E-state index is 4.70. The molecule has 1 N–H and O–H groups in total. The zero-order valence-corrected chi connectivity index (χ0v) is 17.0.